The van der Waals surface area contributed by atoms with Crippen LogP contribution in [0.5, 0.6) is 0 Å². The summed E-state index contributed by atoms with van der Waals surface area (Å²) >= 11 is 0. The van der Waals surface area contributed by atoms with Gasteiger partial charge in [-0.25, -0.2) is 4.79 Å². The average molecular weight is 481 g/mol. The first kappa shape index (κ1) is 28.8. The first-order valence-corrected chi connectivity index (χ1v) is 12.5. The van der Waals surface area contributed by atoms with Crippen molar-refractivity contribution in [2.24, 2.45) is 0 Å². The maximum atomic E-state index is 11.5. The number of esters is 1. The van der Waals surface area contributed by atoms with Gasteiger partial charge in [0.15, 0.2) is 0 Å². The summed E-state index contributed by atoms with van der Waals surface area (Å²) in [6.45, 7) is 23.2. The van der Waals surface area contributed by atoms with Crippen LogP contribution in [0.1, 0.15) is 91.0 Å². The molecular formula is C31H44O4. The molecule has 0 N–H and O–H groups in total. The lowest BCUT2D eigenvalue weighted by atomic mass is 9.77. The Bertz CT molecular complexity index is 980. The molecule has 0 aromatic heterocycles. The monoisotopic (exact) mass is 480 g/mol. The molecule has 4 nitrogen and oxygen atoms in total. The van der Waals surface area contributed by atoms with Gasteiger partial charge >= 0.3 is 5.97 Å². The molecule has 4 heteroatoms. The van der Waals surface area contributed by atoms with Gasteiger partial charge < -0.3 is 14.2 Å². The highest BCUT2D eigenvalue weighted by molar-refractivity contribution is 5.81. The van der Waals surface area contributed by atoms with Gasteiger partial charge in [-0.15, -0.1) is 0 Å². The molecule has 0 heterocycles. The van der Waals surface area contributed by atoms with E-state index in [2.05, 4.69) is 96.7 Å². The van der Waals surface area contributed by atoms with Gasteiger partial charge in [0.25, 0.3) is 0 Å². The number of carbonyl (C=O) groups excluding carboxylic acids is 1. The van der Waals surface area contributed by atoms with Crippen molar-refractivity contribution in [3.63, 3.8) is 0 Å². The predicted molar refractivity (Wildman–Crippen MR) is 144 cm³/mol. The second-order valence-corrected chi connectivity index (χ2v) is 11.2. The third-order valence-electron chi connectivity index (χ3n) is 6.82. The van der Waals surface area contributed by atoms with Gasteiger partial charge in [-0.05, 0) is 70.7 Å². The number of ether oxygens (including phenoxy) is 3. The van der Waals surface area contributed by atoms with Crippen molar-refractivity contribution in [1.82, 2.24) is 0 Å². The lowest BCUT2D eigenvalue weighted by molar-refractivity contribution is -0.153. The molecule has 0 aliphatic carbocycles. The van der Waals surface area contributed by atoms with E-state index in [1.165, 1.54) is 22.8 Å². The van der Waals surface area contributed by atoms with Crippen LogP contribution < -0.4 is 0 Å². The highest BCUT2D eigenvalue weighted by Crippen LogP contribution is 2.35. The lowest BCUT2D eigenvalue weighted by Crippen LogP contribution is -2.31. The van der Waals surface area contributed by atoms with Crippen LogP contribution >= 0.6 is 0 Å². The third kappa shape index (κ3) is 7.52. The fraction of sp³-hybridized carbons (Fsp3) is 0.516. The lowest BCUT2D eigenvalue weighted by Gasteiger charge is -2.31. The SMILES string of the molecule is C=CC(=O)OC(C)(C)CCOC(C)(C)c1ccc(C(C)(C)c2ccc(C(C)(C)OCC)cc2)cc1. The molecule has 0 atom stereocenters. The number of rotatable bonds is 12. The third-order valence-corrected chi connectivity index (χ3v) is 6.82. The molecule has 0 aliphatic heterocycles. The number of hydrogen-bond donors (Lipinski definition) is 0. The summed E-state index contributed by atoms with van der Waals surface area (Å²) in [5.74, 6) is -0.417. The summed E-state index contributed by atoms with van der Waals surface area (Å²) in [6, 6.07) is 17.4. The van der Waals surface area contributed by atoms with E-state index in [0.717, 1.165) is 5.56 Å². The summed E-state index contributed by atoms with van der Waals surface area (Å²) < 4.78 is 17.5. The van der Waals surface area contributed by atoms with Crippen LogP contribution in [0, 0.1) is 0 Å². The van der Waals surface area contributed by atoms with E-state index in [1.807, 2.05) is 20.8 Å². The van der Waals surface area contributed by atoms with Crippen molar-refractivity contribution in [2.45, 2.75) is 91.0 Å². The quantitative estimate of drug-likeness (QED) is 0.234. The second-order valence-electron chi connectivity index (χ2n) is 11.2. The Morgan fingerprint density at radius 3 is 1.54 bits per heavy atom. The van der Waals surface area contributed by atoms with Gasteiger partial charge in [0.1, 0.15) is 5.60 Å². The molecule has 0 aliphatic rings. The standard InChI is InChI=1S/C31H44O4/c1-11-27(32)35-28(3,4)21-22-34-31(9,10)26-19-15-24(16-20-26)29(5,6)23-13-17-25(18-14-23)30(7,8)33-12-2/h11,13-20H,1,12,21-22H2,2-10H3. The van der Waals surface area contributed by atoms with E-state index in [1.54, 1.807) is 0 Å². The highest BCUT2D eigenvalue weighted by Gasteiger charge is 2.28. The van der Waals surface area contributed by atoms with Gasteiger partial charge in [0.05, 0.1) is 17.8 Å². The van der Waals surface area contributed by atoms with Crippen LogP contribution in [0.25, 0.3) is 0 Å². The molecule has 0 fully saturated rings. The molecule has 0 radical (unpaired) electrons. The van der Waals surface area contributed by atoms with Crippen molar-refractivity contribution in [3.05, 3.63) is 83.4 Å². The summed E-state index contributed by atoms with van der Waals surface area (Å²) in [6.07, 6.45) is 1.78. The minimum atomic E-state index is -0.608. The molecule has 2 aromatic rings. The molecule has 0 amide bonds. The molecule has 0 unspecified atom stereocenters. The fourth-order valence-corrected chi connectivity index (χ4v) is 4.19. The smallest absolute Gasteiger partial charge is 0.330 e. The van der Waals surface area contributed by atoms with E-state index in [4.69, 9.17) is 14.2 Å². The van der Waals surface area contributed by atoms with Crippen LogP contribution in [0.2, 0.25) is 0 Å². The van der Waals surface area contributed by atoms with Crippen molar-refractivity contribution < 1.29 is 19.0 Å². The van der Waals surface area contributed by atoms with Gasteiger partial charge in [-0.3, -0.25) is 0 Å². The maximum Gasteiger partial charge on any atom is 0.330 e. The Balaban J connectivity index is 2.10. The minimum Gasteiger partial charge on any atom is -0.456 e. The largest absolute Gasteiger partial charge is 0.456 e. The Morgan fingerprint density at radius 2 is 1.14 bits per heavy atom. The normalized spacial score (nSPS) is 12.9. The molecule has 2 rings (SSSR count). The predicted octanol–water partition coefficient (Wildman–Crippen LogP) is 7.43. The van der Waals surface area contributed by atoms with E-state index in [9.17, 15) is 4.79 Å². The summed E-state index contributed by atoms with van der Waals surface area (Å²) in [4.78, 5) is 11.5. The van der Waals surface area contributed by atoms with Crippen molar-refractivity contribution >= 4 is 5.97 Å². The molecule has 0 saturated heterocycles. The first-order valence-electron chi connectivity index (χ1n) is 12.5. The van der Waals surface area contributed by atoms with Crippen LogP contribution in [-0.4, -0.2) is 24.8 Å². The van der Waals surface area contributed by atoms with Crippen LogP contribution in [0.4, 0.5) is 0 Å². The van der Waals surface area contributed by atoms with Crippen LogP contribution in [0.3, 0.4) is 0 Å². The summed E-state index contributed by atoms with van der Waals surface area (Å²) in [7, 11) is 0. The molecule has 192 valence electrons. The topological polar surface area (TPSA) is 44.8 Å². The number of carbonyl (C=O) groups is 1. The zero-order chi connectivity index (χ0) is 26.5. The second kappa shape index (κ2) is 11.1. The van der Waals surface area contributed by atoms with Crippen molar-refractivity contribution in [1.29, 1.82) is 0 Å². The number of hydrogen-bond acceptors (Lipinski definition) is 4. The van der Waals surface area contributed by atoms with Crippen molar-refractivity contribution in [2.75, 3.05) is 13.2 Å². The highest BCUT2D eigenvalue weighted by atomic mass is 16.6. The molecule has 2 aromatic carbocycles. The average Bonchev–Trinajstić information content (AvgIpc) is 2.78. The number of benzene rings is 2. The van der Waals surface area contributed by atoms with Crippen LogP contribution in [0.15, 0.2) is 61.2 Å². The van der Waals surface area contributed by atoms with Gasteiger partial charge in [0.2, 0.25) is 0 Å². The van der Waals surface area contributed by atoms with Gasteiger partial charge in [-0.1, -0.05) is 69.0 Å². The fourth-order valence-electron chi connectivity index (χ4n) is 4.19. The van der Waals surface area contributed by atoms with E-state index in [-0.39, 0.29) is 11.0 Å². The first-order chi connectivity index (χ1) is 16.1. The van der Waals surface area contributed by atoms with Crippen LogP contribution in [-0.2, 0) is 35.6 Å². The van der Waals surface area contributed by atoms with Crippen molar-refractivity contribution in [3.8, 4) is 0 Å². The molecule has 0 spiro atoms. The zero-order valence-corrected chi connectivity index (χ0v) is 23.2. The van der Waals surface area contributed by atoms with E-state index >= 15 is 0 Å². The molecular weight excluding hydrogens is 436 g/mol. The summed E-state index contributed by atoms with van der Waals surface area (Å²) in [5, 5.41) is 0. The zero-order valence-electron chi connectivity index (χ0n) is 23.2. The molecule has 0 saturated carbocycles. The maximum absolute atomic E-state index is 11.5. The minimum absolute atomic E-state index is 0.142. The Kier molecular flexibility index (Phi) is 9.13. The molecule has 35 heavy (non-hydrogen) atoms. The van der Waals surface area contributed by atoms with E-state index in [0.29, 0.717) is 19.6 Å². The summed E-state index contributed by atoms with van der Waals surface area (Å²) in [5.41, 5.74) is 3.27. The Morgan fingerprint density at radius 1 is 0.743 bits per heavy atom. The van der Waals surface area contributed by atoms with Gasteiger partial charge in [0, 0.05) is 24.5 Å². The molecule has 0 bridgehead atoms. The van der Waals surface area contributed by atoms with E-state index < -0.39 is 17.2 Å². The Labute approximate surface area is 212 Å². The Hall–Kier alpha value is -2.43. The van der Waals surface area contributed by atoms with Gasteiger partial charge in [-0.2, -0.15) is 0 Å².